The van der Waals surface area contributed by atoms with Gasteiger partial charge in [-0.1, -0.05) is 60.7 Å². The number of nitrogens with one attached hydrogen (secondary N) is 2. The Labute approximate surface area is 188 Å². The van der Waals surface area contributed by atoms with Gasteiger partial charge in [-0.15, -0.1) is 0 Å². The van der Waals surface area contributed by atoms with Gasteiger partial charge >= 0.3 is 0 Å². The summed E-state index contributed by atoms with van der Waals surface area (Å²) in [5.41, 5.74) is 1.78. The molecule has 3 rings (SSSR count). The monoisotopic (exact) mass is 454 g/mol. The fourth-order valence-corrected chi connectivity index (χ4v) is 4.47. The van der Waals surface area contributed by atoms with Gasteiger partial charge in [0.25, 0.3) is 0 Å². The Morgan fingerprint density at radius 2 is 1.34 bits per heavy atom. The molecule has 0 aliphatic heterocycles. The largest absolute Gasteiger partial charge is 0.493 e. The summed E-state index contributed by atoms with van der Waals surface area (Å²) in [5.74, 6) is 0.235. The molecule has 168 valence electrons. The van der Waals surface area contributed by atoms with Gasteiger partial charge in [0.15, 0.2) is 11.5 Å². The second kappa shape index (κ2) is 10.3. The van der Waals surface area contributed by atoms with Crippen LogP contribution in [0.1, 0.15) is 24.1 Å². The van der Waals surface area contributed by atoms with Gasteiger partial charge in [0.1, 0.15) is 0 Å². The van der Waals surface area contributed by atoms with Crippen molar-refractivity contribution in [2.45, 2.75) is 23.9 Å². The molecule has 1 atom stereocenters. The zero-order valence-corrected chi connectivity index (χ0v) is 18.9. The number of benzene rings is 3. The van der Waals surface area contributed by atoms with Crippen LogP contribution in [0.3, 0.4) is 0 Å². The zero-order chi connectivity index (χ0) is 23.1. The van der Waals surface area contributed by atoms with E-state index >= 15 is 0 Å². The van der Waals surface area contributed by atoms with Crippen molar-refractivity contribution in [2.75, 3.05) is 14.2 Å². The smallest absolute Gasteiger partial charge is 0.241 e. The van der Waals surface area contributed by atoms with Crippen LogP contribution in [0, 0.1) is 0 Å². The van der Waals surface area contributed by atoms with E-state index in [9.17, 15) is 13.2 Å². The summed E-state index contributed by atoms with van der Waals surface area (Å²) in [4.78, 5) is 12.9. The molecule has 2 N–H and O–H groups in total. The Balaban J connectivity index is 1.79. The highest BCUT2D eigenvalue weighted by Crippen LogP contribution is 2.29. The summed E-state index contributed by atoms with van der Waals surface area (Å²) >= 11 is 0. The van der Waals surface area contributed by atoms with E-state index < -0.39 is 28.0 Å². The number of ether oxygens (including phenoxy) is 2. The molecule has 0 aliphatic carbocycles. The Bertz CT molecular complexity index is 1110. The summed E-state index contributed by atoms with van der Waals surface area (Å²) in [6.07, 6.45) is 0. The molecule has 32 heavy (non-hydrogen) atoms. The number of hydrogen-bond donors (Lipinski definition) is 2. The molecule has 3 aromatic carbocycles. The van der Waals surface area contributed by atoms with Crippen LogP contribution in [0.15, 0.2) is 83.8 Å². The number of sulfonamides is 1. The van der Waals surface area contributed by atoms with Crippen LogP contribution in [0.4, 0.5) is 0 Å². The lowest BCUT2D eigenvalue weighted by molar-refractivity contribution is -0.122. The van der Waals surface area contributed by atoms with Crippen molar-refractivity contribution in [3.63, 3.8) is 0 Å². The lowest BCUT2D eigenvalue weighted by atomic mass is 9.98. The van der Waals surface area contributed by atoms with Crippen molar-refractivity contribution in [1.29, 1.82) is 0 Å². The van der Waals surface area contributed by atoms with Crippen molar-refractivity contribution in [3.8, 4) is 11.5 Å². The molecular weight excluding hydrogens is 428 g/mol. The highest BCUT2D eigenvalue weighted by atomic mass is 32.2. The molecule has 0 radical (unpaired) electrons. The minimum Gasteiger partial charge on any atom is -0.493 e. The second-order valence-corrected chi connectivity index (χ2v) is 8.84. The minimum absolute atomic E-state index is 0.0301. The van der Waals surface area contributed by atoms with E-state index in [0.29, 0.717) is 5.75 Å². The number of carbonyl (C=O) groups is 1. The normalized spacial score (nSPS) is 12.2. The average molecular weight is 455 g/mol. The molecule has 0 saturated carbocycles. The van der Waals surface area contributed by atoms with E-state index in [1.165, 1.54) is 39.3 Å². The van der Waals surface area contributed by atoms with E-state index in [0.717, 1.165) is 11.1 Å². The van der Waals surface area contributed by atoms with E-state index in [4.69, 9.17) is 9.47 Å². The maximum absolute atomic E-state index is 12.9. The lowest BCUT2D eigenvalue weighted by Gasteiger charge is -2.22. The third-order valence-corrected chi connectivity index (χ3v) is 6.48. The number of amides is 1. The zero-order valence-electron chi connectivity index (χ0n) is 18.1. The summed E-state index contributed by atoms with van der Waals surface area (Å²) in [6, 6.07) is 21.8. The molecule has 0 aliphatic rings. The van der Waals surface area contributed by atoms with Gasteiger partial charge in [-0.25, -0.2) is 8.42 Å². The quantitative estimate of drug-likeness (QED) is 0.518. The van der Waals surface area contributed by atoms with Crippen LogP contribution >= 0.6 is 0 Å². The fraction of sp³-hybridized carbons (Fsp3) is 0.208. The van der Waals surface area contributed by atoms with E-state index in [1.54, 1.807) is 0 Å². The van der Waals surface area contributed by atoms with Gasteiger partial charge in [0.2, 0.25) is 15.9 Å². The van der Waals surface area contributed by atoms with Crippen LogP contribution in [-0.2, 0) is 14.8 Å². The van der Waals surface area contributed by atoms with Gasteiger partial charge in [-0.3, -0.25) is 4.79 Å². The van der Waals surface area contributed by atoms with Crippen LogP contribution < -0.4 is 19.5 Å². The van der Waals surface area contributed by atoms with Crippen LogP contribution in [0.25, 0.3) is 0 Å². The molecule has 0 fully saturated rings. The first-order valence-electron chi connectivity index (χ1n) is 10.0. The molecule has 3 aromatic rings. The van der Waals surface area contributed by atoms with Gasteiger partial charge in [0.05, 0.1) is 31.2 Å². The second-order valence-electron chi connectivity index (χ2n) is 7.12. The van der Waals surface area contributed by atoms with Gasteiger partial charge < -0.3 is 14.8 Å². The first kappa shape index (κ1) is 23.3. The number of hydrogen-bond acceptors (Lipinski definition) is 5. The molecule has 0 spiro atoms. The molecule has 0 saturated heterocycles. The third-order valence-electron chi connectivity index (χ3n) is 4.94. The van der Waals surface area contributed by atoms with Crippen molar-refractivity contribution in [3.05, 3.63) is 90.0 Å². The van der Waals surface area contributed by atoms with Crippen molar-refractivity contribution in [2.24, 2.45) is 0 Å². The third kappa shape index (κ3) is 5.46. The van der Waals surface area contributed by atoms with Gasteiger partial charge in [-0.05, 0) is 30.2 Å². The van der Waals surface area contributed by atoms with Crippen LogP contribution in [0.2, 0.25) is 0 Å². The van der Waals surface area contributed by atoms with E-state index in [-0.39, 0.29) is 10.6 Å². The van der Waals surface area contributed by atoms with Gasteiger partial charge in [0, 0.05) is 6.07 Å². The molecule has 8 heteroatoms. The van der Waals surface area contributed by atoms with E-state index in [1.807, 2.05) is 60.7 Å². The Morgan fingerprint density at radius 3 is 1.84 bits per heavy atom. The summed E-state index contributed by atoms with van der Waals surface area (Å²) in [6.45, 7) is 1.50. The van der Waals surface area contributed by atoms with Crippen molar-refractivity contribution in [1.82, 2.24) is 10.0 Å². The van der Waals surface area contributed by atoms with E-state index in [2.05, 4.69) is 10.0 Å². The average Bonchev–Trinajstić information content (AvgIpc) is 2.82. The Kier molecular flexibility index (Phi) is 7.50. The van der Waals surface area contributed by atoms with Crippen molar-refractivity contribution < 1.29 is 22.7 Å². The van der Waals surface area contributed by atoms with Crippen molar-refractivity contribution >= 4 is 15.9 Å². The summed E-state index contributed by atoms with van der Waals surface area (Å²) in [5, 5.41) is 2.95. The van der Waals surface area contributed by atoms with Gasteiger partial charge in [-0.2, -0.15) is 4.72 Å². The number of rotatable bonds is 9. The molecule has 0 heterocycles. The predicted molar refractivity (Wildman–Crippen MR) is 122 cm³/mol. The fourth-order valence-electron chi connectivity index (χ4n) is 3.26. The van der Waals surface area contributed by atoms with Crippen LogP contribution in [-0.4, -0.2) is 34.6 Å². The molecule has 0 aromatic heterocycles. The maximum atomic E-state index is 12.9. The molecule has 0 bridgehead atoms. The highest BCUT2D eigenvalue weighted by Gasteiger charge is 2.26. The number of methoxy groups -OCH3 is 2. The molecule has 1 amide bonds. The molecule has 7 nitrogen and oxygen atoms in total. The predicted octanol–water partition coefficient (Wildman–Crippen LogP) is 3.28. The minimum atomic E-state index is -3.97. The first-order chi connectivity index (χ1) is 15.4. The SMILES string of the molecule is COc1ccc(S(=O)(=O)N[C@H](C)C(=O)NC(c2ccccc2)c2ccccc2)cc1OC. The Morgan fingerprint density at radius 1 is 0.812 bits per heavy atom. The lowest BCUT2D eigenvalue weighted by Crippen LogP contribution is -2.46. The highest BCUT2D eigenvalue weighted by molar-refractivity contribution is 7.89. The summed E-state index contributed by atoms with van der Waals surface area (Å²) < 4.78 is 38.5. The summed E-state index contributed by atoms with van der Waals surface area (Å²) in [7, 11) is -1.09. The Hall–Kier alpha value is -3.36. The first-order valence-corrected chi connectivity index (χ1v) is 11.5. The molecule has 0 unspecified atom stereocenters. The van der Waals surface area contributed by atoms with Crippen LogP contribution in [0.5, 0.6) is 11.5 Å². The standard InChI is InChI=1S/C24H26N2O5S/c1-17(26-32(28,29)20-14-15-21(30-2)22(16-20)31-3)24(27)25-23(18-10-6-4-7-11-18)19-12-8-5-9-13-19/h4-17,23,26H,1-3H3,(H,25,27)/t17-/m1/s1. The maximum Gasteiger partial charge on any atom is 0.241 e. The number of carbonyl (C=O) groups excluding carboxylic acids is 1. The topological polar surface area (TPSA) is 93.7 Å². The molecular formula is C24H26N2O5S.